The molecule has 0 aliphatic rings. The van der Waals surface area contributed by atoms with E-state index in [4.69, 9.17) is 10.5 Å². The summed E-state index contributed by atoms with van der Waals surface area (Å²) in [6.45, 7) is 2.19. The van der Waals surface area contributed by atoms with Crippen LogP contribution < -0.4 is 15.8 Å². The van der Waals surface area contributed by atoms with Crippen LogP contribution in [-0.2, 0) is 6.54 Å². The molecule has 2 rings (SSSR count). The van der Waals surface area contributed by atoms with Gasteiger partial charge in [-0.15, -0.1) is 11.3 Å². The van der Waals surface area contributed by atoms with Crippen LogP contribution in [0.1, 0.15) is 4.88 Å². The van der Waals surface area contributed by atoms with E-state index in [0.717, 1.165) is 28.2 Å². The number of hydrogen-bond donors (Lipinski definition) is 2. The van der Waals surface area contributed by atoms with Crippen molar-refractivity contribution in [1.82, 2.24) is 10.3 Å². The summed E-state index contributed by atoms with van der Waals surface area (Å²) in [6.07, 6.45) is 1.79. The van der Waals surface area contributed by atoms with Crippen LogP contribution in [0.2, 0.25) is 0 Å². The molecular formula is C12H14BrN3OS. The molecule has 18 heavy (non-hydrogen) atoms. The second kappa shape index (κ2) is 6.72. The fourth-order valence-electron chi connectivity index (χ4n) is 1.41. The quantitative estimate of drug-likeness (QED) is 0.801. The second-order valence-corrected chi connectivity index (χ2v) is 5.71. The number of nitrogens with two attached hydrogens (primary N) is 1. The molecule has 0 saturated heterocycles. The fourth-order valence-corrected chi connectivity index (χ4v) is 2.45. The summed E-state index contributed by atoms with van der Waals surface area (Å²) in [4.78, 5) is 5.13. The highest BCUT2D eigenvalue weighted by molar-refractivity contribution is 9.10. The number of hydrogen-bond acceptors (Lipinski definition) is 5. The zero-order valence-electron chi connectivity index (χ0n) is 9.73. The molecule has 0 fully saturated rings. The predicted octanol–water partition coefficient (Wildman–Crippen LogP) is 2.66. The highest BCUT2D eigenvalue weighted by atomic mass is 79.9. The summed E-state index contributed by atoms with van der Waals surface area (Å²) in [5.74, 6) is 0.869. The number of rotatable bonds is 6. The molecule has 1 aromatic carbocycles. The summed E-state index contributed by atoms with van der Waals surface area (Å²) in [5.41, 5.74) is 5.55. The van der Waals surface area contributed by atoms with Gasteiger partial charge in [-0.25, -0.2) is 4.98 Å². The van der Waals surface area contributed by atoms with Gasteiger partial charge in [0.1, 0.15) is 12.4 Å². The van der Waals surface area contributed by atoms with Gasteiger partial charge in [-0.1, -0.05) is 22.0 Å². The molecule has 2 aromatic rings. The summed E-state index contributed by atoms with van der Waals surface area (Å²) in [7, 11) is 0. The van der Waals surface area contributed by atoms with Crippen LogP contribution in [0.5, 0.6) is 5.75 Å². The Morgan fingerprint density at radius 3 is 3.06 bits per heavy atom. The van der Waals surface area contributed by atoms with Gasteiger partial charge < -0.3 is 15.8 Å². The van der Waals surface area contributed by atoms with E-state index >= 15 is 0 Å². The average Bonchev–Trinajstić information content (AvgIpc) is 2.75. The largest absolute Gasteiger partial charge is 0.492 e. The van der Waals surface area contributed by atoms with Gasteiger partial charge in [-0.2, -0.15) is 0 Å². The Kier molecular flexibility index (Phi) is 4.98. The number of halogens is 1. The molecule has 0 bridgehead atoms. The van der Waals surface area contributed by atoms with Crippen molar-refractivity contribution < 1.29 is 4.74 Å². The Labute approximate surface area is 118 Å². The highest BCUT2D eigenvalue weighted by Gasteiger charge is 1.98. The highest BCUT2D eigenvalue weighted by Crippen LogP contribution is 2.17. The molecule has 0 saturated carbocycles. The minimum atomic E-state index is 0.609. The minimum Gasteiger partial charge on any atom is -0.492 e. The van der Waals surface area contributed by atoms with E-state index in [9.17, 15) is 0 Å². The third-order valence-corrected chi connectivity index (χ3v) is 3.53. The van der Waals surface area contributed by atoms with Gasteiger partial charge in [0.25, 0.3) is 0 Å². The predicted molar refractivity (Wildman–Crippen MR) is 77.9 cm³/mol. The van der Waals surface area contributed by atoms with Gasteiger partial charge in [0.05, 0.1) is 0 Å². The number of ether oxygens (including phenoxy) is 1. The van der Waals surface area contributed by atoms with E-state index < -0.39 is 0 Å². The molecule has 3 N–H and O–H groups in total. The first kappa shape index (κ1) is 13.3. The lowest BCUT2D eigenvalue weighted by molar-refractivity contribution is 0.313. The van der Waals surface area contributed by atoms with Crippen LogP contribution in [0.4, 0.5) is 5.13 Å². The van der Waals surface area contributed by atoms with Crippen molar-refractivity contribution in [2.24, 2.45) is 0 Å². The van der Waals surface area contributed by atoms with Gasteiger partial charge in [-0.05, 0) is 18.2 Å². The lowest BCUT2D eigenvalue weighted by Crippen LogP contribution is -2.20. The minimum absolute atomic E-state index is 0.609. The van der Waals surface area contributed by atoms with Crippen LogP contribution in [0.15, 0.2) is 34.9 Å². The Hall–Kier alpha value is -1.11. The average molecular weight is 328 g/mol. The summed E-state index contributed by atoms with van der Waals surface area (Å²) >= 11 is 4.91. The van der Waals surface area contributed by atoms with Crippen LogP contribution in [0.25, 0.3) is 0 Å². The molecule has 0 unspecified atom stereocenters. The van der Waals surface area contributed by atoms with Crippen molar-refractivity contribution >= 4 is 32.4 Å². The van der Waals surface area contributed by atoms with Crippen molar-refractivity contribution in [2.45, 2.75) is 6.54 Å². The van der Waals surface area contributed by atoms with Crippen LogP contribution in [0.3, 0.4) is 0 Å². The van der Waals surface area contributed by atoms with Gasteiger partial charge in [0, 0.05) is 28.6 Å². The topological polar surface area (TPSA) is 60.2 Å². The third kappa shape index (κ3) is 4.29. The monoisotopic (exact) mass is 327 g/mol. The van der Waals surface area contributed by atoms with Crippen LogP contribution in [0, 0.1) is 0 Å². The van der Waals surface area contributed by atoms with Crippen LogP contribution in [-0.4, -0.2) is 18.1 Å². The van der Waals surface area contributed by atoms with E-state index in [-0.39, 0.29) is 0 Å². The van der Waals surface area contributed by atoms with Crippen LogP contribution >= 0.6 is 27.3 Å². The molecule has 0 spiro atoms. The lowest BCUT2D eigenvalue weighted by atomic mass is 10.3. The Balaban J connectivity index is 1.64. The normalized spacial score (nSPS) is 10.5. The summed E-state index contributed by atoms with van der Waals surface area (Å²) in [6, 6.07) is 7.81. The van der Waals surface area contributed by atoms with Crippen molar-refractivity contribution in [2.75, 3.05) is 18.9 Å². The second-order valence-electron chi connectivity index (χ2n) is 3.65. The molecule has 0 atom stereocenters. The maximum absolute atomic E-state index is 5.60. The number of nitrogen functional groups attached to an aromatic ring is 1. The molecular weight excluding hydrogens is 314 g/mol. The van der Waals surface area contributed by atoms with E-state index in [2.05, 4.69) is 26.2 Å². The Bertz CT molecular complexity index is 504. The van der Waals surface area contributed by atoms with Crippen molar-refractivity contribution in [3.8, 4) is 5.75 Å². The van der Waals surface area contributed by atoms with Crippen molar-refractivity contribution in [3.63, 3.8) is 0 Å². The standard InChI is InChI=1S/C12H14BrN3OS/c13-9-2-1-3-10(6-9)17-5-4-15-7-11-8-16-12(14)18-11/h1-3,6,8,15H,4-5,7H2,(H2,14,16). The first-order chi connectivity index (χ1) is 8.74. The van der Waals surface area contributed by atoms with Gasteiger partial charge >= 0.3 is 0 Å². The smallest absolute Gasteiger partial charge is 0.180 e. The Morgan fingerprint density at radius 1 is 1.44 bits per heavy atom. The molecule has 0 amide bonds. The molecule has 1 heterocycles. The zero-order chi connectivity index (χ0) is 12.8. The third-order valence-electron chi connectivity index (χ3n) is 2.21. The number of aromatic nitrogens is 1. The summed E-state index contributed by atoms with van der Waals surface area (Å²) in [5, 5.41) is 3.89. The fraction of sp³-hybridized carbons (Fsp3) is 0.250. The first-order valence-corrected chi connectivity index (χ1v) is 7.14. The molecule has 1 aromatic heterocycles. The first-order valence-electron chi connectivity index (χ1n) is 5.53. The Morgan fingerprint density at radius 2 is 2.33 bits per heavy atom. The van der Waals surface area contributed by atoms with E-state index in [1.165, 1.54) is 11.3 Å². The number of nitrogens with zero attached hydrogens (tertiary/aromatic N) is 1. The van der Waals surface area contributed by atoms with Crippen molar-refractivity contribution in [1.29, 1.82) is 0 Å². The van der Waals surface area contributed by atoms with E-state index in [0.29, 0.717) is 11.7 Å². The number of nitrogens with one attached hydrogen (secondary N) is 1. The zero-order valence-corrected chi connectivity index (χ0v) is 12.1. The van der Waals surface area contributed by atoms with Gasteiger partial charge in [0.15, 0.2) is 5.13 Å². The molecule has 96 valence electrons. The number of thiazole rings is 1. The molecule has 0 aliphatic heterocycles. The van der Waals surface area contributed by atoms with E-state index in [1.54, 1.807) is 6.20 Å². The molecule has 4 nitrogen and oxygen atoms in total. The van der Waals surface area contributed by atoms with Gasteiger partial charge in [0.2, 0.25) is 0 Å². The van der Waals surface area contributed by atoms with Crippen molar-refractivity contribution in [3.05, 3.63) is 39.8 Å². The molecule has 0 radical (unpaired) electrons. The van der Waals surface area contributed by atoms with E-state index in [1.807, 2.05) is 24.3 Å². The summed E-state index contributed by atoms with van der Waals surface area (Å²) < 4.78 is 6.62. The molecule has 6 heteroatoms. The SMILES string of the molecule is Nc1ncc(CNCCOc2cccc(Br)c2)s1. The maximum Gasteiger partial charge on any atom is 0.180 e. The lowest BCUT2D eigenvalue weighted by Gasteiger charge is -2.07. The molecule has 0 aliphatic carbocycles. The maximum atomic E-state index is 5.60. The number of benzene rings is 1. The number of anilines is 1. The van der Waals surface area contributed by atoms with Gasteiger partial charge in [-0.3, -0.25) is 0 Å².